The van der Waals surface area contributed by atoms with Crippen LogP contribution in [0.4, 0.5) is 5.69 Å². The van der Waals surface area contributed by atoms with Crippen molar-refractivity contribution >= 4 is 45.7 Å². The monoisotopic (exact) mass is 564 g/mol. The maximum atomic E-state index is 12.7. The minimum Gasteiger partial charge on any atom is -1.00 e. The van der Waals surface area contributed by atoms with Crippen LogP contribution >= 0.6 is 0 Å². The Morgan fingerprint density at radius 1 is 0.973 bits per heavy atom. The Balaban J connectivity index is 0.00000380. The van der Waals surface area contributed by atoms with Gasteiger partial charge >= 0.3 is 11.6 Å². The lowest BCUT2D eigenvalue weighted by molar-refractivity contribution is -0.671. The Morgan fingerprint density at radius 2 is 1.73 bits per heavy atom. The second kappa shape index (κ2) is 13.2. The smallest absolute Gasteiger partial charge is 0.343 e. The largest absolute Gasteiger partial charge is 1.00 e. The Morgan fingerprint density at radius 3 is 2.49 bits per heavy atom. The number of aromatic nitrogens is 1. The van der Waals surface area contributed by atoms with E-state index in [4.69, 9.17) is 9.52 Å². The van der Waals surface area contributed by atoms with Gasteiger partial charge in [0.25, 0.3) is 0 Å². The molecule has 2 heterocycles. The zero-order valence-electron chi connectivity index (χ0n) is 21.3. The molecule has 0 radical (unpaired) electrons. The van der Waals surface area contributed by atoms with Gasteiger partial charge in [-0.25, -0.2) is 4.79 Å². The summed E-state index contributed by atoms with van der Waals surface area (Å²) < 4.78 is 7.87. The van der Waals surface area contributed by atoms with Crippen molar-refractivity contribution in [2.75, 3.05) is 18.0 Å². The Labute approximate surface area is 227 Å². The number of benzene rings is 2. The van der Waals surface area contributed by atoms with Crippen LogP contribution in [0.15, 0.2) is 70.0 Å². The number of aryl methyl sites for hydroxylation is 1. The molecule has 0 fully saturated rings. The summed E-state index contributed by atoms with van der Waals surface area (Å²) in [5.74, 6) is -0.742. The number of aliphatic carboxylic acids is 1. The van der Waals surface area contributed by atoms with Crippen LogP contribution in [0.2, 0.25) is 0 Å². The van der Waals surface area contributed by atoms with Gasteiger partial charge in [-0.2, -0.15) is 4.57 Å². The minimum absolute atomic E-state index is 0. The third-order valence-corrected chi connectivity index (χ3v) is 6.57. The van der Waals surface area contributed by atoms with Crippen LogP contribution in [-0.4, -0.2) is 24.2 Å². The molecule has 0 amide bonds. The van der Waals surface area contributed by atoms with Gasteiger partial charge in [0, 0.05) is 55.2 Å². The number of fused-ring (bicyclic) bond motifs is 2. The molecule has 0 saturated heterocycles. The van der Waals surface area contributed by atoms with Crippen molar-refractivity contribution in [3.63, 3.8) is 0 Å². The van der Waals surface area contributed by atoms with E-state index in [-0.39, 0.29) is 29.0 Å². The molecule has 1 N–H and O–H groups in total. The highest BCUT2D eigenvalue weighted by atomic mass is 79.9. The standard InChI is InChI=1S/C30H32N2O4.BrH/c1-3-31(4-2)25-16-15-23-20-24(30(35)36-28(23)21-25)14-13-22-17-19-32(18-9-5-6-12-29(33)34)27-11-8-7-10-26(22)27;/h7-8,10-11,13-17,19-21H,3-6,9,12,18H2,1-2H3;1H. The zero-order chi connectivity index (χ0) is 25.5. The van der Waals surface area contributed by atoms with Gasteiger partial charge < -0.3 is 31.4 Å². The molecule has 194 valence electrons. The van der Waals surface area contributed by atoms with Gasteiger partial charge in [0.1, 0.15) is 12.1 Å². The highest BCUT2D eigenvalue weighted by Crippen LogP contribution is 2.23. The molecule has 4 rings (SSSR count). The number of hydrogen-bond donors (Lipinski definition) is 1. The molecule has 0 atom stereocenters. The van der Waals surface area contributed by atoms with E-state index in [9.17, 15) is 9.59 Å². The number of rotatable bonds is 11. The van der Waals surface area contributed by atoms with Gasteiger partial charge in [-0.05, 0) is 62.6 Å². The van der Waals surface area contributed by atoms with Crippen molar-refractivity contribution in [2.24, 2.45) is 0 Å². The van der Waals surface area contributed by atoms with Gasteiger partial charge in [0.05, 0.1) is 10.9 Å². The van der Waals surface area contributed by atoms with Crippen molar-refractivity contribution < 1.29 is 35.9 Å². The van der Waals surface area contributed by atoms with E-state index in [1.165, 1.54) is 0 Å². The number of carboxylic acid groups (broad SMARTS) is 1. The molecule has 2 aromatic heterocycles. The van der Waals surface area contributed by atoms with E-state index in [1.54, 1.807) is 0 Å². The van der Waals surface area contributed by atoms with E-state index < -0.39 is 5.97 Å². The van der Waals surface area contributed by atoms with Crippen molar-refractivity contribution in [3.05, 3.63) is 82.3 Å². The fourth-order valence-corrected chi connectivity index (χ4v) is 4.58. The average molecular weight is 566 g/mol. The first-order valence-electron chi connectivity index (χ1n) is 12.6. The molecule has 7 heteroatoms. The molecule has 0 aliphatic carbocycles. The number of nitrogens with zero attached hydrogens (tertiary/aromatic N) is 2. The summed E-state index contributed by atoms with van der Waals surface area (Å²) in [6, 6.07) is 18.1. The molecule has 0 saturated carbocycles. The highest BCUT2D eigenvalue weighted by Gasteiger charge is 2.12. The van der Waals surface area contributed by atoms with Crippen molar-refractivity contribution in [1.29, 1.82) is 0 Å². The minimum atomic E-state index is -0.742. The van der Waals surface area contributed by atoms with Crippen molar-refractivity contribution in [1.82, 2.24) is 0 Å². The third-order valence-electron chi connectivity index (χ3n) is 6.57. The molecule has 2 aromatic carbocycles. The fourth-order valence-electron chi connectivity index (χ4n) is 4.58. The van der Waals surface area contributed by atoms with Gasteiger partial charge in [0.2, 0.25) is 5.52 Å². The second-order valence-corrected chi connectivity index (χ2v) is 8.90. The summed E-state index contributed by atoms with van der Waals surface area (Å²) in [6.45, 7) is 6.82. The van der Waals surface area contributed by atoms with E-state index in [2.05, 4.69) is 53.8 Å². The molecular weight excluding hydrogens is 532 g/mol. The van der Waals surface area contributed by atoms with Gasteiger partial charge in [-0.1, -0.05) is 18.2 Å². The number of unbranched alkanes of at least 4 members (excludes halogenated alkanes) is 2. The predicted octanol–water partition coefficient (Wildman–Crippen LogP) is 2.90. The van der Waals surface area contributed by atoms with Crippen LogP contribution in [0.3, 0.4) is 0 Å². The number of para-hydroxylation sites is 1. The maximum Gasteiger partial charge on any atom is 0.343 e. The molecular formula is C30H33BrN2O4. The highest BCUT2D eigenvalue weighted by molar-refractivity contribution is 5.89. The first-order valence-corrected chi connectivity index (χ1v) is 12.6. The number of carboxylic acids is 1. The van der Waals surface area contributed by atoms with Gasteiger partial charge in [-0.3, -0.25) is 4.79 Å². The van der Waals surface area contributed by atoms with E-state index >= 15 is 0 Å². The summed E-state index contributed by atoms with van der Waals surface area (Å²) in [6.07, 6.45) is 8.55. The summed E-state index contributed by atoms with van der Waals surface area (Å²) >= 11 is 0. The van der Waals surface area contributed by atoms with E-state index in [0.29, 0.717) is 17.6 Å². The van der Waals surface area contributed by atoms with Crippen LogP contribution in [0, 0.1) is 0 Å². The molecule has 37 heavy (non-hydrogen) atoms. The normalized spacial score (nSPS) is 11.2. The van der Waals surface area contributed by atoms with Gasteiger partial charge in [0.15, 0.2) is 6.20 Å². The summed E-state index contributed by atoms with van der Waals surface area (Å²) in [5.41, 5.74) is 3.92. The first-order chi connectivity index (χ1) is 17.5. The lowest BCUT2D eigenvalue weighted by Crippen LogP contribution is -3.00. The molecule has 0 unspecified atom stereocenters. The molecule has 0 bridgehead atoms. The predicted molar refractivity (Wildman–Crippen MR) is 145 cm³/mol. The number of carbonyl (C=O) groups is 1. The number of pyridine rings is 1. The molecule has 6 nitrogen and oxygen atoms in total. The van der Waals surface area contributed by atoms with Crippen LogP contribution in [0.25, 0.3) is 34.0 Å². The maximum absolute atomic E-state index is 12.7. The van der Waals surface area contributed by atoms with Crippen LogP contribution in [0.1, 0.15) is 50.7 Å². The molecule has 4 aromatic rings. The Bertz CT molecular complexity index is 1460. The third kappa shape index (κ3) is 6.86. The number of anilines is 1. The SMILES string of the molecule is CCN(CC)c1ccc2cc(/C=C/c3cc[n+](CCCCCC(=O)O)c4ccccc34)c(=O)oc2c1.[Br-]. The topological polar surface area (TPSA) is 74.6 Å². The van der Waals surface area contributed by atoms with E-state index in [0.717, 1.165) is 60.0 Å². The van der Waals surface area contributed by atoms with Crippen LogP contribution < -0.4 is 32.1 Å². The second-order valence-electron chi connectivity index (χ2n) is 8.90. The quantitative estimate of drug-likeness (QED) is 0.172. The van der Waals surface area contributed by atoms with Crippen molar-refractivity contribution in [3.8, 4) is 0 Å². The molecule has 0 spiro atoms. The first kappa shape index (κ1) is 28.1. The average Bonchev–Trinajstić information content (AvgIpc) is 2.88. The number of hydrogen-bond acceptors (Lipinski definition) is 4. The van der Waals surface area contributed by atoms with Gasteiger partial charge in [-0.15, -0.1) is 0 Å². The zero-order valence-corrected chi connectivity index (χ0v) is 22.9. The fraction of sp³-hybridized carbons (Fsp3) is 0.300. The lowest BCUT2D eigenvalue weighted by atomic mass is 10.1. The van der Waals surface area contributed by atoms with Crippen molar-refractivity contribution in [2.45, 2.75) is 46.1 Å². The summed E-state index contributed by atoms with van der Waals surface area (Å²) in [7, 11) is 0. The summed E-state index contributed by atoms with van der Waals surface area (Å²) in [5, 5.41) is 10.8. The van der Waals surface area contributed by atoms with Crippen LogP contribution in [-0.2, 0) is 11.3 Å². The van der Waals surface area contributed by atoms with E-state index in [1.807, 2.05) is 42.5 Å². The summed E-state index contributed by atoms with van der Waals surface area (Å²) in [4.78, 5) is 25.7. The molecule has 0 aliphatic heterocycles. The number of halogens is 1. The Kier molecular flexibility index (Phi) is 10.0. The Hall–Kier alpha value is -3.45. The van der Waals surface area contributed by atoms with Crippen LogP contribution in [0.5, 0.6) is 0 Å². The lowest BCUT2D eigenvalue weighted by Gasteiger charge is -2.20. The molecule has 0 aliphatic rings.